The lowest BCUT2D eigenvalue weighted by Gasteiger charge is -2.47. The molecule has 3 unspecified atom stereocenters. The maximum absolute atomic E-state index is 3.87. The highest BCUT2D eigenvalue weighted by Gasteiger charge is 2.36. The summed E-state index contributed by atoms with van der Waals surface area (Å²) < 4.78 is 1.22. The second kappa shape index (κ2) is 6.17. The Morgan fingerprint density at radius 3 is 2.50 bits per heavy atom. The number of nitrogens with zero attached hydrogens (tertiary/aromatic N) is 1. The van der Waals surface area contributed by atoms with Crippen LogP contribution in [0.4, 0.5) is 0 Å². The first kappa shape index (κ1) is 14.6. The molecule has 2 bridgehead atoms. The second-order valence-electron chi connectivity index (χ2n) is 6.48. The minimum absolute atomic E-state index is 0.416. The van der Waals surface area contributed by atoms with Gasteiger partial charge >= 0.3 is 0 Å². The van der Waals surface area contributed by atoms with Crippen molar-refractivity contribution in [3.63, 3.8) is 0 Å². The number of halogens is 1. The lowest BCUT2D eigenvalue weighted by Crippen LogP contribution is -2.54. The summed E-state index contributed by atoms with van der Waals surface area (Å²) in [4.78, 5) is 2.63. The lowest BCUT2D eigenvalue weighted by molar-refractivity contribution is 0.0462. The van der Waals surface area contributed by atoms with Crippen molar-refractivity contribution in [2.24, 2.45) is 0 Å². The van der Waals surface area contributed by atoms with Crippen molar-refractivity contribution in [1.29, 1.82) is 0 Å². The van der Waals surface area contributed by atoms with Crippen molar-refractivity contribution >= 4 is 15.9 Å². The predicted octanol–water partition coefficient (Wildman–Crippen LogP) is 4.12. The van der Waals surface area contributed by atoms with Crippen molar-refractivity contribution < 1.29 is 0 Å². The van der Waals surface area contributed by atoms with Gasteiger partial charge in [0.25, 0.3) is 0 Å². The fourth-order valence-electron chi connectivity index (χ4n) is 4.02. The van der Waals surface area contributed by atoms with Crippen LogP contribution in [0.5, 0.6) is 0 Å². The minimum atomic E-state index is 0.416. The predicted molar refractivity (Wildman–Crippen MR) is 87.9 cm³/mol. The van der Waals surface area contributed by atoms with E-state index in [0.29, 0.717) is 12.1 Å². The fourth-order valence-corrected chi connectivity index (χ4v) is 4.65. The van der Waals surface area contributed by atoms with Crippen LogP contribution < -0.4 is 5.32 Å². The van der Waals surface area contributed by atoms with E-state index in [9.17, 15) is 0 Å². The zero-order chi connectivity index (χ0) is 14.1. The van der Waals surface area contributed by atoms with E-state index in [2.05, 4.69) is 64.4 Å². The van der Waals surface area contributed by atoms with E-state index in [4.69, 9.17) is 0 Å². The molecule has 0 amide bonds. The van der Waals surface area contributed by atoms with E-state index in [1.165, 1.54) is 42.1 Å². The molecule has 0 saturated carbocycles. The van der Waals surface area contributed by atoms with Crippen LogP contribution in [0.15, 0.2) is 28.7 Å². The van der Waals surface area contributed by atoms with E-state index < -0.39 is 0 Å². The van der Waals surface area contributed by atoms with Crippen LogP contribution in [0.2, 0.25) is 0 Å². The van der Waals surface area contributed by atoms with Gasteiger partial charge in [-0.1, -0.05) is 40.5 Å². The number of hydrogen-bond donors (Lipinski definition) is 1. The molecule has 1 aromatic rings. The van der Waals surface area contributed by atoms with Gasteiger partial charge in [0.1, 0.15) is 0 Å². The molecule has 3 rings (SSSR count). The molecule has 0 aromatic heterocycles. The maximum Gasteiger partial charge on any atom is 0.0305 e. The molecule has 2 aliphatic rings. The van der Waals surface area contributed by atoms with Crippen molar-refractivity contribution in [3.05, 3.63) is 34.3 Å². The summed E-state index contributed by atoms with van der Waals surface area (Å²) >= 11 is 3.67. The first-order valence-electron chi connectivity index (χ1n) is 7.87. The third-order valence-electron chi connectivity index (χ3n) is 5.20. The van der Waals surface area contributed by atoms with Crippen LogP contribution in [-0.2, 0) is 0 Å². The molecule has 20 heavy (non-hydrogen) atoms. The smallest absolute Gasteiger partial charge is 0.0305 e. The molecule has 2 heterocycles. The number of nitrogens with one attached hydrogen (secondary N) is 1. The quantitative estimate of drug-likeness (QED) is 0.893. The first-order valence-corrected chi connectivity index (χ1v) is 8.67. The monoisotopic (exact) mass is 336 g/mol. The molecule has 2 saturated heterocycles. The fraction of sp³-hybridized carbons (Fsp3) is 0.647. The number of fused-ring (bicyclic) bond motifs is 2. The van der Waals surface area contributed by atoms with E-state index >= 15 is 0 Å². The largest absolute Gasteiger partial charge is 0.307 e. The molecule has 1 aromatic carbocycles. The van der Waals surface area contributed by atoms with Crippen LogP contribution in [0, 0.1) is 0 Å². The third-order valence-corrected chi connectivity index (χ3v) is 5.92. The van der Waals surface area contributed by atoms with Gasteiger partial charge in [-0.3, -0.25) is 0 Å². The summed E-state index contributed by atoms with van der Waals surface area (Å²) in [6.45, 7) is 2.29. The van der Waals surface area contributed by atoms with Gasteiger partial charge in [0, 0.05) is 28.6 Å². The standard InChI is InChI=1S/C17H25BrN2/c1-12(16-8-3-4-9-17(16)18)19-13-10-14-6-5-7-15(11-13)20(14)2/h3-4,8-9,12-15,19H,5-7,10-11H2,1-2H3. The van der Waals surface area contributed by atoms with Gasteiger partial charge in [-0.2, -0.15) is 0 Å². The van der Waals surface area contributed by atoms with E-state index in [1.807, 2.05) is 0 Å². The van der Waals surface area contributed by atoms with Crippen molar-refractivity contribution in [2.45, 2.75) is 63.2 Å². The minimum Gasteiger partial charge on any atom is -0.307 e. The molecule has 2 fully saturated rings. The highest BCUT2D eigenvalue weighted by Crippen LogP contribution is 2.34. The van der Waals surface area contributed by atoms with Gasteiger partial charge in [0.15, 0.2) is 0 Å². The number of hydrogen-bond acceptors (Lipinski definition) is 2. The average Bonchev–Trinajstić information content (AvgIpc) is 2.40. The molecule has 3 atom stereocenters. The summed E-state index contributed by atoms with van der Waals surface area (Å²) in [6, 6.07) is 11.2. The van der Waals surface area contributed by atoms with Gasteiger partial charge in [0.05, 0.1) is 0 Å². The summed E-state index contributed by atoms with van der Waals surface area (Å²) in [5.74, 6) is 0. The van der Waals surface area contributed by atoms with Gasteiger partial charge in [-0.15, -0.1) is 0 Å². The lowest BCUT2D eigenvalue weighted by atomic mass is 9.82. The van der Waals surface area contributed by atoms with Gasteiger partial charge in [0.2, 0.25) is 0 Å². The van der Waals surface area contributed by atoms with Crippen LogP contribution >= 0.6 is 15.9 Å². The summed E-state index contributed by atoms with van der Waals surface area (Å²) in [7, 11) is 2.32. The molecular formula is C17H25BrN2. The Balaban J connectivity index is 1.65. The Kier molecular flexibility index (Phi) is 4.49. The van der Waals surface area contributed by atoms with E-state index in [-0.39, 0.29) is 0 Å². The van der Waals surface area contributed by atoms with Crippen molar-refractivity contribution in [2.75, 3.05) is 7.05 Å². The Bertz CT molecular complexity index is 448. The molecule has 3 heteroatoms. The zero-order valence-electron chi connectivity index (χ0n) is 12.5. The molecule has 0 aliphatic carbocycles. The zero-order valence-corrected chi connectivity index (χ0v) is 14.1. The van der Waals surface area contributed by atoms with Crippen LogP contribution in [0.1, 0.15) is 50.6 Å². The molecule has 2 nitrogen and oxygen atoms in total. The summed E-state index contributed by atoms with van der Waals surface area (Å²) in [5, 5.41) is 3.87. The molecule has 0 radical (unpaired) electrons. The second-order valence-corrected chi connectivity index (χ2v) is 7.34. The SMILES string of the molecule is CC(NC1CC2CCCC(C1)N2C)c1ccccc1Br. The Labute approximate surface area is 131 Å². The number of piperidine rings is 2. The highest BCUT2D eigenvalue weighted by molar-refractivity contribution is 9.10. The van der Waals surface area contributed by atoms with E-state index in [0.717, 1.165) is 12.1 Å². The van der Waals surface area contributed by atoms with Crippen molar-refractivity contribution in [1.82, 2.24) is 10.2 Å². The maximum atomic E-state index is 3.87. The van der Waals surface area contributed by atoms with E-state index in [1.54, 1.807) is 0 Å². The third kappa shape index (κ3) is 2.95. The Morgan fingerprint density at radius 1 is 1.20 bits per heavy atom. The average molecular weight is 337 g/mol. The van der Waals surface area contributed by atoms with Crippen LogP contribution in [0.25, 0.3) is 0 Å². The van der Waals surface area contributed by atoms with Crippen LogP contribution in [-0.4, -0.2) is 30.1 Å². The number of benzene rings is 1. The Hall–Kier alpha value is -0.380. The summed E-state index contributed by atoms with van der Waals surface area (Å²) in [6.07, 6.45) is 6.80. The highest BCUT2D eigenvalue weighted by atomic mass is 79.9. The van der Waals surface area contributed by atoms with Crippen molar-refractivity contribution in [3.8, 4) is 0 Å². The molecule has 1 N–H and O–H groups in total. The summed E-state index contributed by atoms with van der Waals surface area (Å²) in [5.41, 5.74) is 1.37. The molecular weight excluding hydrogens is 312 g/mol. The van der Waals surface area contributed by atoms with Gasteiger partial charge in [-0.05, 0) is 51.3 Å². The topological polar surface area (TPSA) is 15.3 Å². The van der Waals surface area contributed by atoms with Gasteiger partial charge in [-0.25, -0.2) is 0 Å². The molecule has 0 spiro atoms. The van der Waals surface area contributed by atoms with Crippen LogP contribution in [0.3, 0.4) is 0 Å². The first-order chi connectivity index (χ1) is 9.65. The molecule has 110 valence electrons. The normalized spacial score (nSPS) is 32.0. The molecule has 2 aliphatic heterocycles. The van der Waals surface area contributed by atoms with Gasteiger partial charge < -0.3 is 10.2 Å². The Morgan fingerprint density at radius 2 is 1.85 bits per heavy atom. The number of rotatable bonds is 3.